The quantitative estimate of drug-likeness (QED) is 0.0169. The van der Waals surface area contributed by atoms with Crippen molar-refractivity contribution in [1.82, 2.24) is 0 Å². The van der Waals surface area contributed by atoms with Crippen molar-refractivity contribution in [3.63, 3.8) is 0 Å². The van der Waals surface area contributed by atoms with Gasteiger partial charge in [0, 0.05) is 25.7 Å². The maximum absolute atomic E-state index is 13.0. The van der Waals surface area contributed by atoms with Gasteiger partial charge in [0.1, 0.15) is 19.3 Å². The van der Waals surface area contributed by atoms with Crippen LogP contribution in [0.3, 0.4) is 0 Å². The minimum atomic E-state index is -4.96. The maximum Gasteiger partial charge on any atom is 0.472 e. The zero-order valence-corrected chi connectivity index (χ0v) is 60.3. The van der Waals surface area contributed by atoms with E-state index in [0.717, 1.165) is 121 Å². The summed E-state index contributed by atoms with van der Waals surface area (Å²) in [4.78, 5) is 72.5. The van der Waals surface area contributed by atoms with Crippen LogP contribution in [0.25, 0.3) is 0 Å². The van der Waals surface area contributed by atoms with Gasteiger partial charge in [0.2, 0.25) is 0 Å². The molecule has 0 aliphatic rings. The molecule has 0 aliphatic carbocycles. The van der Waals surface area contributed by atoms with Gasteiger partial charge < -0.3 is 33.8 Å². The van der Waals surface area contributed by atoms with Crippen LogP contribution in [0.2, 0.25) is 0 Å². The Bertz CT molecular complexity index is 1850. The van der Waals surface area contributed by atoms with Crippen LogP contribution in [0.15, 0.2) is 24.3 Å². The molecule has 0 saturated carbocycles. The number of hydrogen-bond acceptors (Lipinski definition) is 15. The first kappa shape index (κ1) is 88.5. The molecule has 3 N–H and O–H groups in total. The van der Waals surface area contributed by atoms with Gasteiger partial charge in [-0.05, 0) is 57.3 Å². The molecular formula is C72H136O17P2. The number of aliphatic hydroxyl groups is 1. The second-order valence-corrected chi connectivity index (χ2v) is 28.7. The number of carbonyl (C=O) groups is 4. The molecule has 0 heterocycles. The lowest BCUT2D eigenvalue weighted by molar-refractivity contribution is -0.161. The van der Waals surface area contributed by atoms with Gasteiger partial charge in [0.15, 0.2) is 12.2 Å². The summed E-state index contributed by atoms with van der Waals surface area (Å²) >= 11 is 0. The van der Waals surface area contributed by atoms with Crippen LogP contribution in [0.5, 0.6) is 0 Å². The first-order valence-corrected chi connectivity index (χ1v) is 39.9. The first-order valence-electron chi connectivity index (χ1n) is 37.0. The highest BCUT2D eigenvalue weighted by atomic mass is 31.2. The Morgan fingerprint density at radius 2 is 0.593 bits per heavy atom. The van der Waals surface area contributed by atoms with E-state index >= 15 is 0 Å². The number of rotatable bonds is 70. The van der Waals surface area contributed by atoms with Gasteiger partial charge in [-0.2, -0.15) is 0 Å². The molecule has 0 spiro atoms. The van der Waals surface area contributed by atoms with Gasteiger partial charge in [-0.3, -0.25) is 37.3 Å². The minimum absolute atomic E-state index is 0.101. The monoisotopic (exact) mass is 1330 g/mol. The molecule has 0 aromatic rings. The van der Waals surface area contributed by atoms with Crippen LogP contribution < -0.4 is 0 Å². The predicted molar refractivity (Wildman–Crippen MR) is 368 cm³/mol. The largest absolute Gasteiger partial charge is 0.472 e. The third-order valence-corrected chi connectivity index (χ3v) is 18.1. The van der Waals surface area contributed by atoms with E-state index in [9.17, 15) is 43.2 Å². The second kappa shape index (κ2) is 64.9. The molecule has 0 amide bonds. The van der Waals surface area contributed by atoms with Crippen LogP contribution in [-0.4, -0.2) is 96.7 Å². The Balaban J connectivity index is 5.25. The van der Waals surface area contributed by atoms with Crippen molar-refractivity contribution in [3.05, 3.63) is 24.3 Å². The summed E-state index contributed by atoms with van der Waals surface area (Å²) in [7, 11) is -9.91. The molecular weight excluding hydrogens is 1200 g/mol. The smallest absolute Gasteiger partial charge is 0.462 e. The van der Waals surface area contributed by atoms with Crippen LogP contribution in [0.1, 0.15) is 349 Å². The molecule has 0 saturated heterocycles. The highest BCUT2D eigenvalue weighted by Crippen LogP contribution is 2.45. The number of unbranched alkanes of at least 4 members (excludes halogenated alkanes) is 39. The topological polar surface area (TPSA) is 237 Å². The van der Waals surface area contributed by atoms with Crippen molar-refractivity contribution in [3.8, 4) is 0 Å². The van der Waals surface area contributed by atoms with Crippen molar-refractivity contribution < 1.29 is 80.2 Å². The first-order chi connectivity index (χ1) is 44.0. The van der Waals surface area contributed by atoms with E-state index in [2.05, 4.69) is 58.9 Å². The molecule has 0 fully saturated rings. The van der Waals surface area contributed by atoms with Crippen LogP contribution in [-0.2, 0) is 65.4 Å². The van der Waals surface area contributed by atoms with E-state index in [1.54, 1.807) is 0 Å². The van der Waals surface area contributed by atoms with Gasteiger partial charge in [-0.15, -0.1) is 0 Å². The van der Waals surface area contributed by atoms with Crippen molar-refractivity contribution in [2.45, 2.75) is 368 Å². The third-order valence-electron chi connectivity index (χ3n) is 16.2. The molecule has 0 aromatic heterocycles. The summed E-state index contributed by atoms with van der Waals surface area (Å²) in [5, 5.41) is 10.6. The highest BCUT2D eigenvalue weighted by Gasteiger charge is 2.30. The summed E-state index contributed by atoms with van der Waals surface area (Å²) in [5.74, 6) is -1.36. The Kier molecular flexibility index (Phi) is 63.1. The van der Waals surface area contributed by atoms with Crippen LogP contribution >= 0.6 is 15.6 Å². The maximum atomic E-state index is 13.0. The summed E-state index contributed by atoms with van der Waals surface area (Å²) in [6.45, 7) is 7.19. The third kappa shape index (κ3) is 66.0. The van der Waals surface area contributed by atoms with E-state index in [0.29, 0.717) is 25.7 Å². The lowest BCUT2D eigenvalue weighted by Crippen LogP contribution is -2.30. The zero-order valence-electron chi connectivity index (χ0n) is 58.5. The number of esters is 4. The van der Waals surface area contributed by atoms with E-state index < -0.39 is 97.5 Å². The summed E-state index contributed by atoms with van der Waals surface area (Å²) in [6.07, 6.45) is 54.9. The van der Waals surface area contributed by atoms with Gasteiger partial charge in [-0.1, -0.05) is 296 Å². The number of allylic oxidation sites excluding steroid dienone is 4. The number of carbonyl (C=O) groups excluding carboxylic acids is 4. The molecule has 0 rings (SSSR count). The predicted octanol–water partition coefficient (Wildman–Crippen LogP) is 20.5. The molecule has 91 heavy (non-hydrogen) atoms. The lowest BCUT2D eigenvalue weighted by atomic mass is 10.0. The fraction of sp³-hybridized carbons (Fsp3) is 0.889. The highest BCUT2D eigenvalue weighted by molar-refractivity contribution is 7.47. The SMILES string of the molecule is CCCCCC/C=C\C=C/CCCCCCCC(=O)OC[C@H](COP(=O)(O)OC[C@@H](O)COP(=O)(O)OC[C@@H](COC(=O)CCCCCCCCCC)OC(=O)CCCCCCCCCCCCC)OC(=O)CCCCCCCCCCCCCCCCC(C)C. The van der Waals surface area contributed by atoms with E-state index in [-0.39, 0.29) is 25.7 Å². The van der Waals surface area contributed by atoms with Crippen molar-refractivity contribution in [1.29, 1.82) is 0 Å². The molecule has 536 valence electrons. The fourth-order valence-corrected chi connectivity index (χ4v) is 12.0. The van der Waals surface area contributed by atoms with Gasteiger partial charge in [0.25, 0.3) is 0 Å². The molecule has 19 heteroatoms. The number of aliphatic hydroxyl groups excluding tert-OH is 1. The Hall–Kier alpha value is -2.46. The number of phosphoric ester groups is 2. The summed E-state index contributed by atoms with van der Waals surface area (Å²) in [6, 6.07) is 0. The number of hydrogen-bond donors (Lipinski definition) is 3. The average molecular weight is 1340 g/mol. The summed E-state index contributed by atoms with van der Waals surface area (Å²) < 4.78 is 68.2. The summed E-state index contributed by atoms with van der Waals surface area (Å²) in [5.41, 5.74) is 0. The normalized spacial score (nSPS) is 14.2. The molecule has 2 unspecified atom stereocenters. The molecule has 0 bridgehead atoms. The Morgan fingerprint density at radius 3 is 0.901 bits per heavy atom. The van der Waals surface area contributed by atoms with E-state index in [4.69, 9.17) is 37.0 Å². The van der Waals surface area contributed by atoms with Crippen LogP contribution in [0, 0.1) is 5.92 Å². The molecule has 0 radical (unpaired) electrons. The molecule has 17 nitrogen and oxygen atoms in total. The second-order valence-electron chi connectivity index (χ2n) is 25.8. The minimum Gasteiger partial charge on any atom is -0.462 e. The number of ether oxygens (including phenoxy) is 4. The standard InChI is InChI=1S/C72H136O17P2/c1-6-9-12-15-18-21-23-24-25-29-33-36-41-46-51-56-70(75)83-62-68(89-72(77)58-53-48-43-38-34-30-27-26-28-32-35-39-44-49-54-65(4)5)64-87-91(80,81)85-60-66(73)59-84-90(78,79)86-63-67(61-82-69(74)55-50-45-40-20-17-14-11-8-3)88-71(76)57-52-47-42-37-31-22-19-16-13-10-7-2/h21,23-25,65-68,73H,6-20,22,26-64H2,1-5H3,(H,78,79)(H,80,81)/b23-21-,25-24-/t66-,67+,68+/m0/s1. The van der Waals surface area contributed by atoms with E-state index in [1.165, 1.54) is 148 Å². The van der Waals surface area contributed by atoms with Gasteiger partial charge >= 0.3 is 39.5 Å². The Morgan fingerprint density at radius 1 is 0.341 bits per heavy atom. The van der Waals surface area contributed by atoms with Gasteiger partial charge in [0.05, 0.1) is 26.4 Å². The molecule has 0 aromatic carbocycles. The van der Waals surface area contributed by atoms with Crippen LogP contribution in [0.4, 0.5) is 0 Å². The average Bonchev–Trinajstić information content (AvgIpc) is 3.71. The molecule has 5 atom stereocenters. The Labute approximate surface area is 554 Å². The van der Waals surface area contributed by atoms with Crippen molar-refractivity contribution in [2.75, 3.05) is 39.6 Å². The van der Waals surface area contributed by atoms with Crippen molar-refractivity contribution in [2.24, 2.45) is 5.92 Å². The van der Waals surface area contributed by atoms with Crippen molar-refractivity contribution >= 4 is 39.5 Å². The van der Waals surface area contributed by atoms with Gasteiger partial charge in [-0.25, -0.2) is 9.13 Å². The van der Waals surface area contributed by atoms with E-state index in [1.807, 2.05) is 0 Å². The molecule has 0 aliphatic heterocycles. The fourth-order valence-electron chi connectivity index (χ4n) is 10.5. The number of phosphoric acid groups is 2. The lowest BCUT2D eigenvalue weighted by Gasteiger charge is -2.21. The zero-order chi connectivity index (χ0) is 67.0.